The monoisotopic (exact) mass is 345 g/mol. The molecule has 2 unspecified atom stereocenters. The normalized spacial score (nSPS) is 23.6. The first-order valence-electron chi connectivity index (χ1n) is 9.10. The van der Waals surface area contributed by atoms with E-state index in [1.54, 1.807) is 6.07 Å². The highest BCUT2D eigenvalue weighted by atomic mass is 19.1. The molecule has 2 amide bonds. The van der Waals surface area contributed by atoms with Crippen LogP contribution in [0.3, 0.4) is 0 Å². The number of H-pyrrole nitrogens is 1. The van der Waals surface area contributed by atoms with Crippen LogP contribution in [0, 0.1) is 11.7 Å². The van der Waals surface area contributed by atoms with Crippen LogP contribution < -0.4 is 10.6 Å². The smallest absolute Gasteiger partial charge is 0.315 e. The number of rotatable bonds is 5. The number of fused-ring (bicyclic) bond motifs is 1. The molecule has 0 spiro atoms. The van der Waals surface area contributed by atoms with E-state index in [0.29, 0.717) is 25.0 Å². The van der Waals surface area contributed by atoms with Crippen LogP contribution in [0.15, 0.2) is 24.4 Å². The summed E-state index contributed by atoms with van der Waals surface area (Å²) in [7, 11) is 0. The number of ether oxygens (including phenoxy) is 1. The molecule has 5 nitrogen and oxygen atoms in total. The second-order valence-corrected chi connectivity index (χ2v) is 7.12. The highest BCUT2D eigenvalue weighted by Crippen LogP contribution is 2.38. The van der Waals surface area contributed by atoms with Gasteiger partial charge in [0, 0.05) is 36.3 Å². The third-order valence-electron chi connectivity index (χ3n) is 5.21. The highest BCUT2D eigenvalue weighted by Gasteiger charge is 2.36. The quantitative estimate of drug-likeness (QED) is 0.779. The predicted molar refractivity (Wildman–Crippen MR) is 94.0 cm³/mol. The number of hydrogen-bond acceptors (Lipinski definition) is 2. The van der Waals surface area contributed by atoms with Gasteiger partial charge in [-0.1, -0.05) is 0 Å². The number of nitrogens with one attached hydrogen (secondary N) is 3. The first-order valence-corrected chi connectivity index (χ1v) is 9.10. The van der Waals surface area contributed by atoms with Gasteiger partial charge in [0.15, 0.2) is 0 Å². The molecule has 1 saturated heterocycles. The van der Waals surface area contributed by atoms with Crippen molar-refractivity contribution in [3.8, 4) is 0 Å². The molecule has 2 aromatic rings. The molecule has 4 rings (SSSR count). The third-order valence-corrected chi connectivity index (χ3v) is 5.21. The van der Waals surface area contributed by atoms with E-state index in [1.165, 1.54) is 25.0 Å². The minimum Gasteiger partial charge on any atom is -0.378 e. The summed E-state index contributed by atoms with van der Waals surface area (Å²) in [5.74, 6) is 0.457. The highest BCUT2D eigenvalue weighted by molar-refractivity contribution is 5.83. The molecule has 2 atom stereocenters. The van der Waals surface area contributed by atoms with Gasteiger partial charge in [0.05, 0.1) is 6.10 Å². The Labute approximate surface area is 146 Å². The van der Waals surface area contributed by atoms with Crippen molar-refractivity contribution in [3.63, 3.8) is 0 Å². The van der Waals surface area contributed by atoms with Crippen LogP contribution in [0.4, 0.5) is 9.18 Å². The van der Waals surface area contributed by atoms with Gasteiger partial charge in [-0.3, -0.25) is 0 Å². The largest absolute Gasteiger partial charge is 0.378 e. The van der Waals surface area contributed by atoms with Crippen molar-refractivity contribution in [1.29, 1.82) is 0 Å². The van der Waals surface area contributed by atoms with Gasteiger partial charge in [0.2, 0.25) is 0 Å². The van der Waals surface area contributed by atoms with E-state index in [-0.39, 0.29) is 17.9 Å². The fraction of sp³-hybridized carbons (Fsp3) is 0.526. The molecule has 134 valence electrons. The van der Waals surface area contributed by atoms with Crippen LogP contribution in [0.2, 0.25) is 0 Å². The molecule has 6 heteroatoms. The number of benzene rings is 1. The molecule has 1 saturated carbocycles. The van der Waals surface area contributed by atoms with Gasteiger partial charge in [-0.15, -0.1) is 0 Å². The second-order valence-electron chi connectivity index (χ2n) is 7.12. The Balaban J connectivity index is 1.24. The Morgan fingerprint density at radius 3 is 3.04 bits per heavy atom. The number of hydrogen-bond donors (Lipinski definition) is 3. The summed E-state index contributed by atoms with van der Waals surface area (Å²) in [5, 5.41) is 6.99. The van der Waals surface area contributed by atoms with Gasteiger partial charge in [0.25, 0.3) is 0 Å². The average Bonchev–Trinajstić information content (AvgIpc) is 3.38. The molecule has 0 bridgehead atoms. The van der Waals surface area contributed by atoms with Crippen molar-refractivity contribution in [3.05, 3.63) is 35.8 Å². The number of halogens is 1. The third kappa shape index (κ3) is 3.95. The van der Waals surface area contributed by atoms with Crippen molar-refractivity contribution < 1.29 is 13.9 Å². The van der Waals surface area contributed by atoms with Crippen LogP contribution in [0.5, 0.6) is 0 Å². The summed E-state index contributed by atoms with van der Waals surface area (Å²) in [4.78, 5) is 15.2. The average molecular weight is 345 g/mol. The maximum Gasteiger partial charge on any atom is 0.315 e. The van der Waals surface area contributed by atoms with Gasteiger partial charge in [-0.2, -0.15) is 0 Å². The minimum absolute atomic E-state index is 0.118. The molecule has 1 aromatic heterocycles. The molecule has 1 aliphatic carbocycles. The first-order chi connectivity index (χ1) is 12.2. The number of aromatic amines is 1. The number of carbonyl (C=O) groups excluding carboxylic acids is 1. The van der Waals surface area contributed by atoms with Crippen LogP contribution in [-0.2, 0) is 11.2 Å². The van der Waals surface area contributed by atoms with E-state index in [0.717, 1.165) is 35.9 Å². The van der Waals surface area contributed by atoms with Crippen LogP contribution in [0.1, 0.15) is 31.2 Å². The SMILES string of the molecule is O=C(NCCc1c[nH]c2cc(F)ccc12)NC1CCOC(C2CC2)C1. The number of amides is 2. The van der Waals surface area contributed by atoms with Crippen molar-refractivity contribution >= 4 is 16.9 Å². The lowest BCUT2D eigenvalue weighted by Gasteiger charge is -2.30. The molecule has 2 aliphatic rings. The number of aromatic nitrogens is 1. The van der Waals surface area contributed by atoms with E-state index in [1.807, 2.05) is 6.20 Å². The molecule has 1 aromatic carbocycles. The van der Waals surface area contributed by atoms with Crippen LogP contribution >= 0.6 is 0 Å². The molecule has 0 radical (unpaired) electrons. The summed E-state index contributed by atoms with van der Waals surface area (Å²) in [6, 6.07) is 4.81. The van der Waals surface area contributed by atoms with Gasteiger partial charge in [-0.25, -0.2) is 9.18 Å². The summed E-state index contributed by atoms with van der Waals surface area (Å²) < 4.78 is 19.0. The van der Waals surface area contributed by atoms with E-state index in [2.05, 4.69) is 15.6 Å². The standard InChI is InChI=1S/C19H24FN3O2/c20-14-3-4-16-13(11-22-17(16)9-14)5-7-21-19(24)23-15-6-8-25-18(10-15)12-1-2-12/h3-4,9,11-12,15,18,22H,1-2,5-8,10H2,(H2,21,23,24). The Morgan fingerprint density at radius 2 is 2.20 bits per heavy atom. The summed E-state index contributed by atoms with van der Waals surface area (Å²) in [5.41, 5.74) is 1.86. The summed E-state index contributed by atoms with van der Waals surface area (Å²) in [6.45, 7) is 1.28. The molecule has 25 heavy (non-hydrogen) atoms. The number of urea groups is 1. The summed E-state index contributed by atoms with van der Waals surface area (Å²) >= 11 is 0. The molecule has 3 N–H and O–H groups in total. The van der Waals surface area contributed by atoms with Crippen molar-refractivity contribution in [2.75, 3.05) is 13.2 Å². The van der Waals surface area contributed by atoms with E-state index >= 15 is 0 Å². The lowest BCUT2D eigenvalue weighted by Crippen LogP contribution is -2.47. The van der Waals surface area contributed by atoms with E-state index in [4.69, 9.17) is 4.74 Å². The topological polar surface area (TPSA) is 66.2 Å². The van der Waals surface area contributed by atoms with Gasteiger partial charge in [0.1, 0.15) is 5.82 Å². The molecule has 2 heterocycles. The Morgan fingerprint density at radius 1 is 1.32 bits per heavy atom. The maximum absolute atomic E-state index is 13.2. The van der Waals surface area contributed by atoms with Crippen LogP contribution in [0.25, 0.3) is 10.9 Å². The Kier molecular flexibility index (Phi) is 4.61. The zero-order valence-corrected chi connectivity index (χ0v) is 14.2. The minimum atomic E-state index is -0.251. The number of carbonyl (C=O) groups is 1. The van der Waals surface area contributed by atoms with Crippen molar-refractivity contribution in [2.24, 2.45) is 5.92 Å². The molecule has 1 aliphatic heterocycles. The predicted octanol–water partition coefficient (Wildman–Crippen LogP) is 3.11. The maximum atomic E-state index is 13.2. The summed E-state index contributed by atoms with van der Waals surface area (Å²) in [6.07, 6.45) is 7.23. The zero-order chi connectivity index (χ0) is 17.2. The molecular weight excluding hydrogens is 321 g/mol. The molecular formula is C19H24FN3O2. The van der Waals surface area contributed by atoms with Gasteiger partial charge >= 0.3 is 6.03 Å². The Bertz CT molecular complexity index is 756. The fourth-order valence-corrected chi connectivity index (χ4v) is 3.67. The first kappa shape index (κ1) is 16.4. The lowest BCUT2D eigenvalue weighted by atomic mass is 10.0. The van der Waals surface area contributed by atoms with Crippen molar-refractivity contribution in [1.82, 2.24) is 15.6 Å². The van der Waals surface area contributed by atoms with Gasteiger partial charge < -0.3 is 20.4 Å². The van der Waals surface area contributed by atoms with Gasteiger partial charge in [-0.05, 0) is 61.8 Å². The lowest BCUT2D eigenvalue weighted by molar-refractivity contribution is -0.00913. The second kappa shape index (κ2) is 7.04. The Hall–Kier alpha value is -2.08. The van der Waals surface area contributed by atoms with E-state index < -0.39 is 0 Å². The fourth-order valence-electron chi connectivity index (χ4n) is 3.67. The molecule has 2 fully saturated rings. The zero-order valence-electron chi connectivity index (χ0n) is 14.2. The van der Waals surface area contributed by atoms with Crippen LogP contribution in [-0.4, -0.2) is 36.3 Å². The van der Waals surface area contributed by atoms with E-state index in [9.17, 15) is 9.18 Å². The van der Waals surface area contributed by atoms with Crippen molar-refractivity contribution in [2.45, 2.75) is 44.2 Å².